The molecule has 0 radical (unpaired) electrons. The molecule has 0 bridgehead atoms. The summed E-state index contributed by atoms with van der Waals surface area (Å²) >= 11 is 0. The summed E-state index contributed by atoms with van der Waals surface area (Å²) in [4.78, 5) is 0. The molecule has 0 unspecified atom stereocenters. The van der Waals surface area contributed by atoms with Gasteiger partial charge in [0.05, 0.1) is 0 Å². The predicted octanol–water partition coefficient (Wildman–Crippen LogP) is 2.67. The minimum Gasteiger partial charge on any atom is -0.407 e. The Morgan fingerprint density at radius 1 is 1.36 bits per heavy atom. The fraction of sp³-hybridized carbons (Fsp3) is 0.667. The molecule has 0 aliphatic carbocycles. The van der Waals surface area contributed by atoms with Gasteiger partial charge in [-0.1, -0.05) is 5.73 Å². The largest absolute Gasteiger partial charge is 0.407 e. The van der Waals surface area contributed by atoms with Crippen LogP contribution >= 0.6 is 8.69 Å². The lowest BCUT2D eigenvalue weighted by molar-refractivity contribution is -0.186. The highest BCUT2D eigenvalue weighted by Crippen LogP contribution is 2.13. The Bertz CT molecular complexity index is 215. The first-order chi connectivity index (χ1) is 6.68. The molecule has 80 valence electrons. The summed E-state index contributed by atoms with van der Waals surface area (Å²) in [5.74, 6) is -0.802. The van der Waals surface area contributed by atoms with Gasteiger partial charge in [-0.15, -0.1) is 0 Å². The monoisotopic (exact) mass is 218 g/mol. The van der Waals surface area contributed by atoms with Gasteiger partial charge in [-0.05, 0) is 20.8 Å². The molecule has 0 saturated heterocycles. The van der Waals surface area contributed by atoms with Crippen LogP contribution in [-0.2, 0) is 18.6 Å². The molecule has 0 aromatic carbocycles. The second-order valence-electron chi connectivity index (χ2n) is 2.49. The van der Waals surface area contributed by atoms with Crippen molar-refractivity contribution in [2.75, 3.05) is 13.2 Å². The van der Waals surface area contributed by atoms with Crippen LogP contribution in [0.3, 0.4) is 0 Å². The second-order valence-corrected chi connectivity index (χ2v) is 2.85. The van der Waals surface area contributed by atoms with Gasteiger partial charge in [-0.25, -0.2) is 4.57 Å². The Morgan fingerprint density at radius 2 is 1.93 bits per heavy atom. The van der Waals surface area contributed by atoms with Gasteiger partial charge in [0.25, 0.3) is 0 Å². The van der Waals surface area contributed by atoms with Crippen molar-refractivity contribution in [3.8, 4) is 0 Å². The molecule has 0 N–H and O–H groups in total. The summed E-state index contributed by atoms with van der Waals surface area (Å²) in [7, 11) is -0.404. The molecule has 5 heteroatoms. The summed E-state index contributed by atoms with van der Waals surface area (Å²) in [5, 5.41) is 0. The number of ether oxygens (including phenoxy) is 2. The number of rotatable bonds is 7. The smallest absolute Gasteiger partial charge is 0.395 e. The highest BCUT2D eigenvalue weighted by Gasteiger charge is 2.20. The van der Waals surface area contributed by atoms with Gasteiger partial charge in [0.2, 0.25) is 0 Å². The van der Waals surface area contributed by atoms with Crippen LogP contribution in [0, 0.1) is 0 Å². The molecule has 0 spiro atoms. The quantitative estimate of drug-likeness (QED) is 0.285. The maximum absolute atomic E-state index is 9.91. The molecule has 0 fully saturated rings. The topological polar surface area (TPSA) is 44.8 Å². The maximum Gasteiger partial charge on any atom is 0.395 e. The molecule has 0 aliphatic rings. The van der Waals surface area contributed by atoms with Crippen molar-refractivity contribution in [3.05, 3.63) is 18.1 Å². The van der Waals surface area contributed by atoms with Crippen LogP contribution in [0.2, 0.25) is 0 Å². The van der Waals surface area contributed by atoms with Crippen LogP contribution in [0.5, 0.6) is 0 Å². The van der Waals surface area contributed by atoms with Crippen LogP contribution in [0.25, 0.3) is 0 Å². The fourth-order valence-corrected chi connectivity index (χ4v) is 1.04. The van der Waals surface area contributed by atoms with Gasteiger partial charge in [-0.3, -0.25) is 0 Å². The molecule has 0 heterocycles. The molecule has 0 atom stereocenters. The van der Waals surface area contributed by atoms with E-state index in [1.807, 2.05) is 13.8 Å². The highest BCUT2D eigenvalue weighted by atomic mass is 31.1. The first-order valence-electron chi connectivity index (χ1n) is 4.37. The zero-order valence-corrected chi connectivity index (χ0v) is 9.54. The summed E-state index contributed by atoms with van der Waals surface area (Å²) < 4.78 is 25.0. The van der Waals surface area contributed by atoms with Gasteiger partial charge in [0, 0.05) is 19.3 Å². The molecular weight excluding hydrogens is 203 g/mol. The summed E-state index contributed by atoms with van der Waals surface area (Å²) in [5.41, 5.74) is 2.67. The van der Waals surface area contributed by atoms with Crippen molar-refractivity contribution in [3.63, 3.8) is 0 Å². The van der Waals surface area contributed by atoms with Crippen LogP contribution < -0.4 is 0 Å². The van der Waals surface area contributed by atoms with Crippen LogP contribution in [0.1, 0.15) is 20.8 Å². The lowest BCUT2D eigenvalue weighted by Gasteiger charge is -2.24. The van der Waals surface area contributed by atoms with E-state index in [9.17, 15) is 4.57 Å². The van der Waals surface area contributed by atoms with E-state index in [0.29, 0.717) is 13.2 Å². The fourth-order valence-electron chi connectivity index (χ4n) is 0.936. The van der Waals surface area contributed by atoms with Gasteiger partial charge < -0.3 is 14.0 Å². The van der Waals surface area contributed by atoms with E-state index in [2.05, 4.69) is 10.3 Å². The molecular formula is C9H15O4P. The summed E-state index contributed by atoms with van der Waals surface area (Å²) in [6, 6.07) is 0. The van der Waals surface area contributed by atoms with Crippen molar-refractivity contribution in [1.29, 1.82) is 0 Å². The molecule has 0 aromatic rings. The lowest BCUT2D eigenvalue weighted by Crippen LogP contribution is -2.29. The molecule has 0 amide bonds. The Hall–Kier alpha value is -0.660. The molecule has 0 aromatic heterocycles. The standard InChI is InChI=1S/C9H15O4P/c1-4-11-9(3,12-5-2)7-6-8-13-14-10/h7-8H,4-5H2,1-3H3. The molecule has 14 heavy (non-hydrogen) atoms. The van der Waals surface area contributed by atoms with E-state index in [0.717, 1.165) is 0 Å². The van der Waals surface area contributed by atoms with Crippen molar-refractivity contribution in [1.82, 2.24) is 0 Å². The van der Waals surface area contributed by atoms with Crippen molar-refractivity contribution in [2.24, 2.45) is 0 Å². The van der Waals surface area contributed by atoms with E-state index in [4.69, 9.17) is 9.47 Å². The highest BCUT2D eigenvalue weighted by molar-refractivity contribution is 7.17. The van der Waals surface area contributed by atoms with E-state index >= 15 is 0 Å². The molecule has 0 aliphatic heterocycles. The zero-order valence-electron chi connectivity index (χ0n) is 8.65. The van der Waals surface area contributed by atoms with E-state index in [1.54, 1.807) is 13.0 Å². The van der Waals surface area contributed by atoms with Gasteiger partial charge in [0.15, 0.2) is 5.79 Å². The van der Waals surface area contributed by atoms with Crippen LogP contribution in [0.15, 0.2) is 18.1 Å². The van der Waals surface area contributed by atoms with Crippen molar-refractivity contribution >= 4 is 8.69 Å². The second kappa shape index (κ2) is 7.72. The van der Waals surface area contributed by atoms with Crippen LogP contribution in [-0.4, -0.2) is 19.0 Å². The van der Waals surface area contributed by atoms with Crippen LogP contribution in [0.4, 0.5) is 0 Å². The summed E-state index contributed by atoms with van der Waals surface area (Å²) in [6.07, 6.45) is 2.76. The normalized spacial score (nSPS) is 10.8. The average molecular weight is 218 g/mol. The Labute approximate surface area is 85.8 Å². The summed E-state index contributed by atoms with van der Waals surface area (Å²) in [6.45, 7) is 6.60. The van der Waals surface area contributed by atoms with Gasteiger partial charge in [-0.2, -0.15) is 0 Å². The Kier molecular flexibility index (Phi) is 7.35. The Morgan fingerprint density at radius 3 is 2.36 bits per heavy atom. The van der Waals surface area contributed by atoms with E-state index < -0.39 is 14.5 Å². The first kappa shape index (κ1) is 13.3. The van der Waals surface area contributed by atoms with Crippen molar-refractivity contribution < 1.29 is 18.6 Å². The molecule has 0 rings (SSSR count). The van der Waals surface area contributed by atoms with E-state index in [1.165, 1.54) is 6.26 Å². The Balaban J connectivity index is 4.33. The molecule has 4 nitrogen and oxygen atoms in total. The van der Waals surface area contributed by atoms with E-state index in [-0.39, 0.29) is 0 Å². The van der Waals surface area contributed by atoms with Gasteiger partial charge >= 0.3 is 8.69 Å². The third-order valence-corrected chi connectivity index (χ3v) is 1.56. The number of hydrogen-bond acceptors (Lipinski definition) is 4. The average Bonchev–Trinajstić information content (AvgIpc) is 2.13. The lowest BCUT2D eigenvalue weighted by atomic mass is 10.3. The predicted molar refractivity (Wildman–Crippen MR) is 53.0 cm³/mol. The SMILES string of the molecule is CCOC(C)(C=C=COP=O)OCC. The van der Waals surface area contributed by atoms with Gasteiger partial charge in [0.1, 0.15) is 6.26 Å². The minimum atomic E-state index is -0.802. The third kappa shape index (κ3) is 5.90. The maximum atomic E-state index is 9.91. The number of hydrogen-bond donors (Lipinski definition) is 0. The third-order valence-electron chi connectivity index (χ3n) is 1.37. The first-order valence-corrected chi connectivity index (χ1v) is 5.10. The molecule has 0 saturated carbocycles. The van der Waals surface area contributed by atoms with Crippen molar-refractivity contribution in [2.45, 2.75) is 26.6 Å². The minimum absolute atomic E-state index is 0.404. The zero-order chi connectivity index (χ0) is 10.9.